The lowest BCUT2D eigenvalue weighted by Crippen LogP contribution is -2.28. The molecule has 1 aliphatic rings. The molecular formula is C18H19N3O4S. The molecule has 7 nitrogen and oxygen atoms in total. The second kappa shape index (κ2) is 6.89. The van der Waals surface area contributed by atoms with Crippen LogP contribution in [-0.2, 0) is 19.6 Å². The standard InChI is InChI=1S/C18H19N3O4S/c1-12-5-7-15(8-6-12)21-11-13(9-17(21)22)18(23)20-14-3-2-4-16(10-14)26(19,24)25/h2-8,10,13H,9,11H2,1H3,(H,20,23)(H2,19,24,25)/t13-/m0/s1. The number of carbonyl (C=O) groups is 2. The molecule has 3 rings (SSSR count). The Bertz CT molecular complexity index is 955. The maximum absolute atomic E-state index is 12.5. The van der Waals surface area contributed by atoms with Crippen molar-refractivity contribution in [2.45, 2.75) is 18.2 Å². The lowest BCUT2D eigenvalue weighted by molar-refractivity contribution is -0.122. The highest BCUT2D eigenvalue weighted by molar-refractivity contribution is 7.89. The van der Waals surface area contributed by atoms with Gasteiger partial charge in [-0.2, -0.15) is 0 Å². The molecule has 1 saturated heterocycles. The summed E-state index contributed by atoms with van der Waals surface area (Å²) in [7, 11) is -3.85. The van der Waals surface area contributed by atoms with Gasteiger partial charge in [0.05, 0.1) is 10.8 Å². The van der Waals surface area contributed by atoms with E-state index in [0.717, 1.165) is 11.3 Å². The van der Waals surface area contributed by atoms with Crippen molar-refractivity contribution in [1.29, 1.82) is 0 Å². The van der Waals surface area contributed by atoms with Crippen LogP contribution in [0.15, 0.2) is 53.4 Å². The highest BCUT2D eigenvalue weighted by atomic mass is 32.2. The third kappa shape index (κ3) is 3.92. The van der Waals surface area contributed by atoms with Gasteiger partial charge in [-0.05, 0) is 37.3 Å². The second-order valence-electron chi connectivity index (χ2n) is 6.30. The molecule has 1 aliphatic heterocycles. The summed E-state index contributed by atoms with van der Waals surface area (Å²) in [5.41, 5.74) is 2.17. The smallest absolute Gasteiger partial charge is 0.238 e. The third-order valence-electron chi connectivity index (χ3n) is 4.27. The summed E-state index contributed by atoms with van der Waals surface area (Å²) in [4.78, 5) is 26.2. The van der Waals surface area contributed by atoms with Crippen LogP contribution < -0.4 is 15.4 Å². The number of sulfonamides is 1. The van der Waals surface area contributed by atoms with Gasteiger partial charge in [-0.1, -0.05) is 23.8 Å². The van der Waals surface area contributed by atoms with E-state index in [0.29, 0.717) is 5.69 Å². The molecule has 0 bridgehead atoms. The van der Waals surface area contributed by atoms with Crippen LogP contribution in [-0.4, -0.2) is 26.8 Å². The Morgan fingerprint density at radius 3 is 2.54 bits per heavy atom. The number of aryl methyl sites for hydroxylation is 1. The van der Waals surface area contributed by atoms with E-state index < -0.39 is 15.9 Å². The summed E-state index contributed by atoms with van der Waals surface area (Å²) in [6.07, 6.45) is 0.106. The van der Waals surface area contributed by atoms with Gasteiger partial charge in [0.1, 0.15) is 0 Å². The largest absolute Gasteiger partial charge is 0.326 e. The van der Waals surface area contributed by atoms with Crippen LogP contribution in [0.3, 0.4) is 0 Å². The maximum atomic E-state index is 12.5. The predicted molar refractivity (Wildman–Crippen MR) is 98.1 cm³/mol. The number of primary sulfonamides is 1. The van der Waals surface area contributed by atoms with Crippen LogP contribution in [0.25, 0.3) is 0 Å². The molecule has 0 saturated carbocycles. The first-order valence-electron chi connectivity index (χ1n) is 8.05. The number of nitrogens with two attached hydrogens (primary N) is 1. The van der Waals surface area contributed by atoms with Gasteiger partial charge in [-0.25, -0.2) is 13.6 Å². The Morgan fingerprint density at radius 2 is 1.88 bits per heavy atom. The number of benzene rings is 2. The SMILES string of the molecule is Cc1ccc(N2C[C@@H](C(=O)Nc3cccc(S(N)(=O)=O)c3)CC2=O)cc1. The molecule has 2 aromatic rings. The van der Waals surface area contributed by atoms with Crippen LogP contribution >= 0.6 is 0 Å². The van der Waals surface area contributed by atoms with Crippen molar-refractivity contribution >= 4 is 33.2 Å². The van der Waals surface area contributed by atoms with Crippen molar-refractivity contribution in [2.75, 3.05) is 16.8 Å². The Labute approximate surface area is 151 Å². The summed E-state index contributed by atoms with van der Waals surface area (Å²) in [5.74, 6) is -0.964. The van der Waals surface area contributed by atoms with Crippen LogP contribution in [0.4, 0.5) is 11.4 Å². The molecule has 0 aromatic heterocycles. The average Bonchev–Trinajstić information content (AvgIpc) is 2.97. The number of rotatable bonds is 4. The quantitative estimate of drug-likeness (QED) is 0.849. The molecule has 26 heavy (non-hydrogen) atoms. The summed E-state index contributed by atoms with van der Waals surface area (Å²) in [6, 6.07) is 13.2. The maximum Gasteiger partial charge on any atom is 0.238 e. The summed E-state index contributed by atoms with van der Waals surface area (Å²) >= 11 is 0. The Morgan fingerprint density at radius 1 is 1.19 bits per heavy atom. The van der Waals surface area contributed by atoms with Gasteiger partial charge in [0.25, 0.3) is 0 Å². The monoisotopic (exact) mass is 373 g/mol. The van der Waals surface area contributed by atoms with E-state index in [9.17, 15) is 18.0 Å². The van der Waals surface area contributed by atoms with Gasteiger partial charge in [0.15, 0.2) is 0 Å². The van der Waals surface area contributed by atoms with Crippen LogP contribution in [0.2, 0.25) is 0 Å². The van der Waals surface area contributed by atoms with E-state index in [-0.39, 0.29) is 29.7 Å². The molecule has 0 unspecified atom stereocenters. The van der Waals surface area contributed by atoms with Crippen LogP contribution in [0.5, 0.6) is 0 Å². The summed E-state index contributed by atoms with van der Waals surface area (Å²) in [5, 5.41) is 7.76. The van der Waals surface area contributed by atoms with Gasteiger partial charge in [0, 0.05) is 24.3 Å². The fraction of sp³-hybridized carbons (Fsp3) is 0.222. The molecular weight excluding hydrogens is 354 g/mol. The second-order valence-corrected chi connectivity index (χ2v) is 7.86. The molecule has 136 valence electrons. The normalized spacial score (nSPS) is 17.4. The van der Waals surface area contributed by atoms with Crippen molar-refractivity contribution in [2.24, 2.45) is 11.1 Å². The Kier molecular flexibility index (Phi) is 4.80. The van der Waals surface area contributed by atoms with Crippen molar-refractivity contribution in [3.05, 3.63) is 54.1 Å². The number of carbonyl (C=O) groups excluding carboxylic acids is 2. The van der Waals surface area contributed by atoms with Gasteiger partial charge < -0.3 is 10.2 Å². The zero-order valence-corrected chi connectivity index (χ0v) is 15.0. The van der Waals surface area contributed by atoms with E-state index in [2.05, 4.69) is 5.32 Å². The number of nitrogens with zero attached hydrogens (tertiary/aromatic N) is 1. The van der Waals surface area contributed by atoms with Crippen LogP contribution in [0, 0.1) is 12.8 Å². The highest BCUT2D eigenvalue weighted by Crippen LogP contribution is 2.26. The minimum atomic E-state index is -3.85. The minimum Gasteiger partial charge on any atom is -0.326 e. The van der Waals surface area contributed by atoms with Gasteiger partial charge in [-0.3, -0.25) is 9.59 Å². The topological polar surface area (TPSA) is 110 Å². The molecule has 1 heterocycles. The van der Waals surface area contributed by atoms with Crippen LogP contribution in [0.1, 0.15) is 12.0 Å². The van der Waals surface area contributed by atoms with Crippen molar-refractivity contribution in [3.8, 4) is 0 Å². The Balaban J connectivity index is 1.71. The van der Waals surface area contributed by atoms with E-state index >= 15 is 0 Å². The van der Waals surface area contributed by atoms with Gasteiger partial charge >= 0.3 is 0 Å². The number of anilines is 2. The van der Waals surface area contributed by atoms with E-state index in [4.69, 9.17) is 5.14 Å². The fourth-order valence-electron chi connectivity index (χ4n) is 2.85. The van der Waals surface area contributed by atoms with Gasteiger partial charge in [0.2, 0.25) is 21.8 Å². The molecule has 0 spiro atoms. The number of nitrogens with one attached hydrogen (secondary N) is 1. The zero-order chi connectivity index (χ0) is 18.9. The molecule has 2 amide bonds. The molecule has 8 heteroatoms. The first-order chi connectivity index (χ1) is 12.2. The fourth-order valence-corrected chi connectivity index (χ4v) is 3.41. The zero-order valence-electron chi connectivity index (χ0n) is 14.2. The van der Waals surface area contributed by atoms with Crippen molar-refractivity contribution < 1.29 is 18.0 Å². The van der Waals surface area contributed by atoms with E-state index in [1.165, 1.54) is 18.2 Å². The lowest BCUT2D eigenvalue weighted by atomic mass is 10.1. The molecule has 0 radical (unpaired) electrons. The van der Waals surface area contributed by atoms with Gasteiger partial charge in [-0.15, -0.1) is 0 Å². The number of amides is 2. The lowest BCUT2D eigenvalue weighted by Gasteiger charge is -2.17. The highest BCUT2D eigenvalue weighted by Gasteiger charge is 2.35. The third-order valence-corrected chi connectivity index (χ3v) is 5.18. The molecule has 0 aliphatic carbocycles. The molecule has 3 N–H and O–H groups in total. The Hall–Kier alpha value is -2.71. The van der Waals surface area contributed by atoms with Crippen molar-refractivity contribution in [1.82, 2.24) is 0 Å². The summed E-state index contributed by atoms with van der Waals surface area (Å²) < 4.78 is 22.8. The summed E-state index contributed by atoms with van der Waals surface area (Å²) in [6.45, 7) is 2.24. The first-order valence-corrected chi connectivity index (χ1v) is 9.59. The molecule has 1 fully saturated rings. The minimum absolute atomic E-state index is 0.0842. The molecule has 1 atom stereocenters. The van der Waals surface area contributed by atoms with E-state index in [1.807, 2.05) is 31.2 Å². The van der Waals surface area contributed by atoms with E-state index in [1.54, 1.807) is 11.0 Å². The average molecular weight is 373 g/mol. The predicted octanol–water partition coefficient (Wildman–Crippen LogP) is 1.63. The molecule has 2 aromatic carbocycles. The number of hydrogen-bond donors (Lipinski definition) is 2. The number of hydrogen-bond acceptors (Lipinski definition) is 4. The van der Waals surface area contributed by atoms with Crippen molar-refractivity contribution in [3.63, 3.8) is 0 Å². The first kappa shape index (κ1) is 18.1.